The predicted molar refractivity (Wildman–Crippen MR) is 107 cm³/mol. The quantitative estimate of drug-likeness (QED) is 0.758. The Labute approximate surface area is 169 Å². The number of hydrogen-bond acceptors (Lipinski definition) is 5. The van der Waals surface area contributed by atoms with Crippen molar-refractivity contribution in [2.45, 2.75) is 62.9 Å². The largest absolute Gasteiger partial charge is 0.332 e. The zero-order chi connectivity index (χ0) is 19.9. The van der Waals surface area contributed by atoms with Crippen LogP contribution >= 0.6 is 11.8 Å². The molecule has 0 saturated heterocycles. The molecule has 0 atom stereocenters. The first-order valence-electron chi connectivity index (χ1n) is 9.99. The molecule has 2 N–H and O–H groups in total. The summed E-state index contributed by atoms with van der Waals surface area (Å²) in [6.07, 6.45) is 7.07. The average Bonchev–Trinajstić information content (AvgIpc) is 2.57. The molecule has 4 fully saturated rings. The summed E-state index contributed by atoms with van der Waals surface area (Å²) in [4.78, 5) is 29.1. The van der Waals surface area contributed by atoms with Crippen LogP contribution in [-0.4, -0.2) is 28.2 Å². The number of amides is 3. The SMILES string of the molecule is Cc1cc(C)c(C#N)c(SCC(=O)NC(=O)NC23CC4CC(CC(C4)C2)C3)n1. The zero-order valence-corrected chi connectivity index (χ0v) is 17.2. The van der Waals surface area contributed by atoms with Gasteiger partial charge in [-0.3, -0.25) is 10.1 Å². The van der Waals surface area contributed by atoms with Crippen LogP contribution in [0.15, 0.2) is 11.1 Å². The number of nitrogens with one attached hydrogen (secondary N) is 2. The Kier molecular flexibility index (Phi) is 5.09. The molecule has 0 aromatic carbocycles. The number of aromatic nitrogens is 1. The van der Waals surface area contributed by atoms with Gasteiger partial charge >= 0.3 is 6.03 Å². The highest BCUT2D eigenvalue weighted by atomic mass is 32.2. The summed E-state index contributed by atoms with van der Waals surface area (Å²) in [5.41, 5.74) is 2.02. The number of carbonyl (C=O) groups is 2. The second-order valence-electron chi connectivity index (χ2n) is 8.86. The van der Waals surface area contributed by atoms with Gasteiger partial charge in [-0.15, -0.1) is 0 Å². The molecule has 148 valence electrons. The number of thioether (sulfide) groups is 1. The number of imide groups is 1. The van der Waals surface area contributed by atoms with Crippen LogP contribution in [0.25, 0.3) is 0 Å². The minimum absolute atomic E-state index is 0.0544. The normalized spacial score (nSPS) is 30.0. The molecule has 4 aliphatic carbocycles. The third-order valence-electron chi connectivity index (χ3n) is 6.43. The summed E-state index contributed by atoms with van der Waals surface area (Å²) in [6.45, 7) is 3.72. The Morgan fingerprint density at radius 3 is 2.39 bits per heavy atom. The summed E-state index contributed by atoms with van der Waals surface area (Å²) >= 11 is 1.19. The number of rotatable bonds is 4. The minimum Gasteiger partial charge on any atom is -0.332 e. The lowest BCUT2D eigenvalue weighted by atomic mass is 9.53. The van der Waals surface area contributed by atoms with Crippen LogP contribution in [0.4, 0.5) is 4.79 Å². The summed E-state index contributed by atoms with van der Waals surface area (Å²) in [7, 11) is 0. The van der Waals surface area contributed by atoms with Crippen LogP contribution in [-0.2, 0) is 4.79 Å². The van der Waals surface area contributed by atoms with E-state index in [1.165, 1.54) is 31.0 Å². The highest BCUT2D eigenvalue weighted by Gasteiger charge is 2.51. The summed E-state index contributed by atoms with van der Waals surface area (Å²) in [6, 6.07) is 3.61. The van der Waals surface area contributed by atoms with Crippen molar-refractivity contribution in [3.8, 4) is 6.07 Å². The molecule has 5 rings (SSSR count). The van der Waals surface area contributed by atoms with E-state index in [0.717, 1.165) is 48.3 Å². The Hall–Kier alpha value is -2.07. The van der Waals surface area contributed by atoms with Crippen LogP contribution < -0.4 is 10.6 Å². The lowest BCUT2D eigenvalue weighted by molar-refractivity contribution is -0.117. The molecule has 7 heteroatoms. The van der Waals surface area contributed by atoms with E-state index >= 15 is 0 Å². The van der Waals surface area contributed by atoms with Crippen molar-refractivity contribution in [3.63, 3.8) is 0 Å². The molecule has 4 saturated carbocycles. The molecular formula is C21H26N4O2S. The van der Waals surface area contributed by atoms with E-state index in [1.807, 2.05) is 19.9 Å². The summed E-state index contributed by atoms with van der Waals surface area (Å²) in [5.74, 6) is 1.89. The van der Waals surface area contributed by atoms with Crippen molar-refractivity contribution in [3.05, 3.63) is 22.9 Å². The molecule has 1 heterocycles. The monoisotopic (exact) mass is 398 g/mol. The number of nitriles is 1. The first-order valence-corrected chi connectivity index (χ1v) is 11.0. The average molecular weight is 399 g/mol. The van der Waals surface area contributed by atoms with E-state index in [-0.39, 0.29) is 23.2 Å². The predicted octanol–water partition coefficient (Wildman–Crippen LogP) is 3.46. The Morgan fingerprint density at radius 1 is 1.21 bits per heavy atom. The van der Waals surface area contributed by atoms with Gasteiger partial charge in [-0.05, 0) is 81.8 Å². The first-order chi connectivity index (χ1) is 13.4. The zero-order valence-electron chi connectivity index (χ0n) is 16.4. The second-order valence-corrected chi connectivity index (χ2v) is 9.83. The first kappa shape index (κ1) is 19.3. The Bertz CT molecular complexity index is 825. The fourth-order valence-electron chi connectivity index (χ4n) is 5.88. The van der Waals surface area contributed by atoms with E-state index in [0.29, 0.717) is 10.6 Å². The van der Waals surface area contributed by atoms with Crippen molar-refractivity contribution in [1.82, 2.24) is 15.6 Å². The molecule has 6 nitrogen and oxygen atoms in total. The van der Waals surface area contributed by atoms with Gasteiger partial charge in [0.1, 0.15) is 11.1 Å². The van der Waals surface area contributed by atoms with E-state index in [1.54, 1.807) is 0 Å². The van der Waals surface area contributed by atoms with E-state index < -0.39 is 0 Å². The van der Waals surface area contributed by atoms with Crippen molar-refractivity contribution in [1.29, 1.82) is 5.26 Å². The molecule has 1 aromatic heterocycles. The van der Waals surface area contributed by atoms with E-state index in [4.69, 9.17) is 0 Å². The molecule has 4 bridgehead atoms. The fraction of sp³-hybridized carbons (Fsp3) is 0.619. The minimum atomic E-state index is -0.388. The van der Waals surface area contributed by atoms with E-state index in [9.17, 15) is 14.9 Å². The number of aryl methyl sites for hydroxylation is 2. The number of pyridine rings is 1. The summed E-state index contributed by atoms with van der Waals surface area (Å²) in [5, 5.41) is 15.5. The number of nitrogens with zero attached hydrogens (tertiary/aromatic N) is 2. The molecule has 28 heavy (non-hydrogen) atoms. The third-order valence-corrected chi connectivity index (χ3v) is 7.41. The van der Waals surface area contributed by atoms with E-state index in [2.05, 4.69) is 21.7 Å². The van der Waals surface area contributed by atoms with Crippen LogP contribution in [0, 0.1) is 42.9 Å². The molecular weight excluding hydrogens is 372 g/mol. The van der Waals surface area contributed by atoms with Gasteiger partial charge in [-0.2, -0.15) is 5.26 Å². The highest BCUT2D eigenvalue weighted by Crippen LogP contribution is 2.55. The maximum atomic E-state index is 12.5. The number of hydrogen-bond donors (Lipinski definition) is 2. The molecule has 0 spiro atoms. The third kappa shape index (κ3) is 3.88. The number of urea groups is 1. The second kappa shape index (κ2) is 7.40. The topological polar surface area (TPSA) is 94.9 Å². The Balaban J connectivity index is 1.32. The molecule has 3 amide bonds. The van der Waals surface area contributed by atoms with Crippen LogP contribution in [0.3, 0.4) is 0 Å². The Morgan fingerprint density at radius 2 is 1.82 bits per heavy atom. The highest BCUT2D eigenvalue weighted by molar-refractivity contribution is 8.00. The molecule has 0 unspecified atom stereocenters. The van der Waals surface area contributed by atoms with Crippen molar-refractivity contribution >= 4 is 23.7 Å². The van der Waals surface area contributed by atoms with Gasteiger partial charge in [0.05, 0.1) is 11.3 Å². The number of carbonyl (C=O) groups excluding carboxylic acids is 2. The molecule has 0 aliphatic heterocycles. The van der Waals surface area contributed by atoms with Gasteiger partial charge in [-0.25, -0.2) is 9.78 Å². The van der Waals surface area contributed by atoms with Crippen molar-refractivity contribution in [2.24, 2.45) is 17.8 Å². The smallest absolute Gasteiger partial charge is 0.321 e. The van der Waals surface area contributed by atoms with Crippen LogP contribution in [0.5, 0.6) is 0 Å². The van der Waals surface area contributed by atoms with Crippen molar-refractivity contribution < 1.29 is 9.59 Å². The van der Waals surface area contributed by atoms with Gasteiger partial charge in [-0.1, -0.05) is 11.8 Å². The summed E-state index contributed by atoms with van der Waals surface area (Å²) < 4.78 is 0. The standard InChI is InChI=1S/C21H26N4O2S/c1-12-3-13(2)23-19(17(12)10-22)28-11-18(26)24-20(27)25-21-7-14-4-15(8-21)6-16(5-14)9-21/h3,14-16H,4-9,11H2,1-2H3,(H2,24,25,26,27). The van der Waals surface area contributed by atoms with Crippen LogP contribution in [0.1, 0.15) is 55.3 Å². The lowest BCUT2D eigenvalue weighted by Crippen LogP contribution is -2.61. The molecule has 0 radical (unpaired) electrons. The van der Waals surface area contributed by atoms with Gasteiger partial charge < -0.3 is 5.32 Å². The van der Waals surface area contributed by atoms with Crippen LogP contribution in [0.2, 0.25) is 0 Å². The van der Waals surface area contributed by atoms with Gasteiger partial charge in [0.15, 0.2) is 0 Å². The van der Waals surface area contributed by atoms with Crippen molar-refractivity contribution in [2.75, 3.05) is 5.75 Å². The molecule has 1 aromatic rings. The maximum Gasteiger partial charge on any atom is 0.321 e. The fourth-order valence-corrected chi connectivity index (χ4v) is 6.77. The van der Waals surface area contributed by atoms with Gasteiger partial charge in [0, 0.05) is 11.2 Å². The lowest BCUT2D eigenvalue weighted by Gasteiger charge is -2.56. The molecule has 4 aliphatic rings. The maximum absolute atomic E-state index is 12.5. The van der Waals surface area contributed by atoms with Gasteiger partial charge in [0.25, 0.3) is 0 Å². The van der Waals surface area contributed by atoms with Gasteiger partial charge in [0.2, 0.25) is 5.91 Å².